The molecule has 166 valence electrons. The number of carbonyl (C=O) groups is 1. The predicted molar refractivity (Wildman–Crippen MR) is 132 cm³/mol. The number of hydrogen-bond donors (Lipinski definition) is 2. The largest absolute Gasteiger partial charge is 0.489 e. The predicted octanol–water partition coefficient (Wildman–Crippen LogP) is 6.41. The molecule has 0 bridgehead atoms. The van der Waals surface area contributed by atoms with Crippen LogP contribution in [0, 0.1) is 11.3 Å². The maximum absolute atomic E-state index is 12.3. The lowest BCUT2D eigenvalue weighted by molar-refractivity contribution is -0.122. The topological polar surface area (TPSA) is 62.2 Å². The van der Waals surface area contributed by atoms with E-state index in [0.717, 1.165) is 28.9 Å². The zero-order chi connectivity index (χ0) is 23.1. The highest BCUT2D eigenvalue weighted by atomic mass is 16.5. The number of ether oxygens (including phenoxy) is 1. The van der Waals surface area contributed by atoms with E-state index in [0.29, 0.717) is 30.4 Å². The highest BCUT2D eigenvalue weighted by molar-refractivity contribution is 6.09. The van der Waals surface area contributed by atoms with E-state index in [9.17, 15) is 4.79 Å². The number of nitrogens with one attached hydrogen (secondary N) is 2. The number of allylic oxidation sites excluding steroid dienone is 5. The molecule has 1 unspecified atom stereocenters. The molecule has 1 aliphatic carbocycles. The van der Waals surface area contributed by atoms with Crippen molar-refractivity contribution >= 4 is 17.2 Å². The molecule has 32 heavy (non-hydrogen) atoms. The van der Waals surface area contributed by atoms with Crippen LogP contribution in [0.1, 0.15) is 56.2 Å². The van der Waals surface area contributed by atoms with Crippen LogP contribution in [0.25, 0.3) is 5.57 Å². The first-order chi connectivity index (χ1) is 15.3. The Labute approximate surface area is 191 Å². The highest BCUT2D eigenvalue weighted by Crippen LogP contribution is 2.24. The van der Waals surface area contributed by atoms with Gasteiger partial charge in [-0.25, -0.2) is 0 Å². The summed E-state index contributed by atoms with van der Waals surface area (Å²) in [7, 11) is 0. The summed E-state index contributed by atoms with van der Waals surface area (Å²) >= 11 is 0. The Bertz CT molecular complexity index is 1050. The minimum atomic E-state index is -0.456. The van der Waals surface area contributed by atoms with Crippen LogP contribution in [-0.4, -0.2) is 11.6 Å². The van der Waals surface area contributed by atoms with Gasteiger partial charge in [-0.2, -0.15) is 0 Å². The van der Waals surface area contributed by atoms with Gasteiger partial charge in [0.05, 0.1) is 5.92 Å². The Morgan fingerprint density at radius 1 is 1.19 bits per heavy atom. The molecule has 1 amide bonds. The number of benzene rings is 2. The number of amides is 1. The quantitative estimate of drug-likeness (QED) is 0.535. The molecule has 2 aromatic carbocycles. The second-order valence-electron chi connectivity index (χ2n) is 8.56. The normalized spacial score (nSPS) is 18.8. The van der Waals surface area contributed by atoms with Gasteiger partial charge in [0.1, 0.15) is 12.4 Å². The van der Waals surface area contributed by atoms with Crippen molar-refractivity contribution in [2.24, 2.45) is 5.92 Å². The summed E-state index contributed by atoms with van der Waals surface area (Å²) in [4.78, 5) is 12.3. The van der Waals surface area contributed by atoms with Gasteiger partial charge in [-0.1, -0.05) is 62.9 Å². The summed E-state index contributed by atoms with van der Waals surface area (Å²) in [5.74, 6) is 0.743. The zero-order valence-corrected chi connectivity index (χ0v) is 19.2. The molecular weight excluding hydrogens is 396 g/mol. The molecular formula is C28H32N2O2. The molecule has 2 N–H and O–H groups in total. The van der Waals surface area contributed by atoms with Crippen molar-refractivity contribution in [2.75, 3.05) is 0 Å². The molecule has 2 aromatic rings. The van der Waals surface area contributed by atoms with E-state index < -0.39 is 5.92 Å². The molecule has 1 aliphatic rings. The van der Waals surface area contributed by atoms with Gasteiger partial charge in [0.15, 0.2) is 0 Å². The summed E-state index contributed by atoms with van der Waals surface area (Å²) in [5, 5.41) is 11.1. The molecule has 0 saturated carbocycles. The summed E-state index contributed by atoms with van der Waals surface area (Å²) in [5.41, 5.74) is 5.43. The maximum Gasteiger partial charge on any atom is 0.233 e. The highest BCUT2D eigenvalue weighted by Gasteiger charge is 2.22. The molecule has 0 radical (unpaired) electrons. The van der Waals surface area contributed by atoms with Gasteiger partial charge in [0.2, 0.25) is 5.91 Å². The zero-order valence-electron chi connectivity index (χ0n) is 19.2. The van der Waals surface area contributed by atoms with E-state index in [1.165, 1.54) is 5.56 Å². The van der Waals surface area contributed by atoms with Gasteiger partial charge < -0.3 is 15.5 Å². The summed E-state index contributed by atoms with van der Waals surface area (Å²) in [6.45, 7) is 10.3. The molecule has 0 aliphatic heterocycles. The van der Waals surface area contributed by atoms with E-state index in [-0.39, 0.29) is 5.91 Å². The Hall–Kier alpha value is -3.40. The van der Waals surface area contributed by atoms with Gasteiger partial charge in [0, 0.05) is 11.4 Å². The Balaban J connectivity index is 1.67. The molecule has 4 nitrogen and oxygen atoms in total. The SMILES string of the molecule is C=C(C)NC(=O)C1CC/C=C(c2cccc(COc3ccc(C(C)C)cc3)c2)\C=C/C1=N. The van der Waals surface area contributed by atoms with Crippen LogP contribution in [0.3, 0.4) is 0 Å². The fraction of sp³-hybridized carbons (Fsp3) is 0.286. The monoisotopic (exact) mass is 428 g/mol. The van der Waals surface area contributed by atoms with Crippen molar-refractivity contribution in [3.8, 4) is 5.75 Å². The average Bonchev–Trinajstić information content (AvgIpc) is 2.75. The van der Waals surface area contributed by atoms with Crippen molar-refractivity contribution < 1.29 is 9.53 Å². The molecule has 0 aromatic heterocycles. The Kier molecular flexibility index (Phi) is 7.82. The van der Waals surface area contributed by atoms with Crippen molar-refractivity contribution in [1.29, 1.82) is 5.41 Å². The first kappa shape index (κ1) is 23.3. The summed E-state index contributed by atoms with van der Waals surface area (Å²) in [6, 6.07) is 16.5. The van der Waals surface area contributed by atoms with Crippen LogP contribution < -0.4 is 10.1 Å². The van der Waals surface area contributed by atoms with Crippen LogP contribution >= 0.6 is 0 Å². The smallest absolute Gasteiger partial charge is 0.233 e. The first-order valence-corrected chi connectivity index (χ1v) is 11.1. The van der Waals surface area contributed by atoms with Crippen LogP contribution in [0.5, 0.6) is 5.75 Å². The third-order valence-corrected chi connectivity index (χ3v) is 5.50. The minimum absolute atomic E-state index is 0.162. The number of carbonyl (C=O) groups excluding carboxylic acids is 1. The lowest BCUT2D eigenvalue weighted by Gasteiger charge is -2.18. The first-order valence-electron chi connectivity index (χ1n) is 11.1. The minimum Gasteiger partial charge on any atom is -0.489 e. The van der Waals surface area contributed by atoms with Gasteiger partial charge in [-0.3, -0.25) is 4.79 Å². The second kappa shape index (κ2) is 10.8. The Morgan fingerprint density at radius 2 is 1.94 bits per heavy atom. The summed E-state index contributed by atoms with van der Waals surface area (Å²) in [6.07, 6.45) is 7.11. The van der Waals surface area contributed by atoms with Gasteiger partial charge in [-0.15, -0.1) is 0 Å². The second-order valence-corrected chi connectivity index (χ2v) is 8.56. The van der Waals surface area contributed by atoms with Crippen molar-refractivity contribution in [3.05, 3.63) is 95.7 Å². The fourth-order valence-corrected chi connectivity index (χ4v) is 3.66. The van der Waals surface area contributed by atoms with Crippen LogP contribution in [-0.2, 0) is 11.4 Å². The van der Waals surface area contributed by atoms with Crippen LogP contribution in [0.15, 0.2) is 79.0 Å². The van der Waals surface area contributed by atoms with E-state index in [4.69, 9.17) is 10.1 Å². The summed E-state index contributed by atoms with van der Waals surface area (Å²) < 4.78 is 5.98. The lowest BCUT2D eigenvalue weighted by Crippen LogP contribution is -2.33. The van der Waals surface area contributed by atoms with Gasteiger partial charge >= 0.3 is 0 Å². The van der Waals surface area contributed by atoms with Crippen molar-refractivity contribution in [1.82, 2.24) is 5.32 Å². The Morgan fingerprint density at radius 3 is 2.62 bits per heavy atom. The van der Waals surface area contributed by atoms with Gasteiger partial charge in [0.25, 0.3) is 0 Å². The average molecular weight is 429 g/mol. The van der Waals surface area contributed by atoms with Crippen molar-refractivity contribution in [3.63, 3.8) is 0 Å². The van der Waals surface area contributed by atoms with E-state index in [1.54, 1.807) is 13.0 Å². The molecule has 1 atom stereocenters. The van der Waals surface area contributed by atoms with E-state index in [2.05, 4.69) is 62.2 Å². The van der Waals surface area contributed by atoms with E-state index >= 15 is 0 Å². The third-order valence-electron chi connectivity index (χ3n) is 5.50. The van der Waals surface area contributed by atoms with E-state index in [1.807, 2.05) is 24.3 Å². The molecule has 0 spiro atoms. The standard InChI is InChI=1S/C28H32N2O2/c1-19(2)22-11-14-25(15-12-22)32-18-21-7-5-9-24(17-21)23-8-6-10-26(27(29)16-13-23)28(31)30-20(3)4/h5,7-9,11-17,19,26,29H,3,6,10,18H2,1-2,4H3,(H,30,31)/b16-13-,23-8+,29-27?. The molecule has 0 fully saturated rings. The number of rotatable bonds is 7. The van der Waals surface area contributed by atoms with Crippen LogP contribution in [0.4, 0.5) is 0 Å². The number of hydrogen-bond acceptors (Lipinski definition) is 3. The molecule has 4 heteroatoms. The fourth-order valence-electron chi connectivity index (χ4n) is 3.66. The molecule has 0 saturated heterocycles. The molecule has 3 rings (SSSR count). The van der Waals surface area contributed by atoms with Crippen molar-refractivity contribution in [2.45, 2.75) is 46.1 Å². The van der Waals surface area contributed by atoms with Crippen LogP contribution in [0.2, 0.25) is 0 Å². The molecule has 0 heterocycles. The maximum atomic E-state index is 12.3. The third kappa shape index (κ3) is 6.30. The lowest BCUT2D eigenvalue weighted by atomic mass is 9.91. The van der Waals surface area contributed by atoms with Gasteiger partial charge in [-0.05, 0) is 72.2 Å².